The van der Waals surface area contributed by atoms with Gasteiger partial charge in [-0.15, -0.1) is 0 Å². The molecule has 1 fully saturated rings. The van der Waals surface area contributed by atoms with Gasteiger partial charge in [-0.2, -0.15) is 18.4 Å². The monoisotopic (exact) mass is 524 g/mol. The first-order valence-electron chi connectivity index (χ1n) is 12.9. The Morgan fingerprint density at radius 3 is 2.53 bits per heavy atom. The molecule has 1 aromatic carbocycles. The van der Waals surface area contributed by atoms with E-state index in [4.69, 9.17) is 9.68 Å². The number of hydrogen-bond acceptors (Lipinski definition) is 5. The van der Waals surface area contributed by atoms with Gasteiger partial charge < -0.3 is 9.32 Å². The summed E-state index contributed by atoms with van der Waals surface area (Å²) in [7, 11) is 0. The lowest BCUT2D eigenvalue weighted by Gasteiger charge is -2.34. The van der Waals surface area contributed by atoms with E-state index in [0.717, 1.165) is 43.7 Å². The molecule has 38 heavy (non-hydrogen) atoms. The summed E-state index contributed by atoms with van der Waals surface area (Å²) >= 11 is 0. The minimum Gasteiger partial charge on any atom is -0.455 e. The molecule has 0 unspecified atom stereocenters. The first kappa shape index (κ1) is 27.4. The number of pyridine rings is 1. The van der Waals surface area contributed by atoms with Crippen molar-refractivity contribution in [1.82, 2.24) is 14.8 Å². The van der Waals surface area contributed by atoms with E-state index in [1.165, 1.54) is 12.1 Å². The van der Waals surface area contributed by atoms with Crippen LogP contribution in [0.15, 0.2) is 65.3 Å². The van der Waals surface area contributed by atoms with Gasteiger partial charge in [-0.1, -0.05) is 43.5 Å². The molecule has 1 aliphatic rings. The van der Waals surface area contributed by atoms with Crippen molar-refractivity contribution >= 4 is 5.91 Å². The second-order valence-corrected chi connectivity index (χ2v) is 9.66. The van der Waals surface area contributed by atoms with Crippen LogP contribution in [0.1, 0.15) is 71.5 Å². The van der Waals surface area contributed by atoms with Crippen LogP contribution in [0.4, 0.5) is 13.2 Å². The van der Waals surface area contributed by atoms with Gasteiger partial charge in [0.05, 0.1) is 24.6 Å². The van der Waals surface area contributed by atoms with E-state index in [2.05, 4.69) is 16.0 Å². The number of furan rings is 1. The molecular formula is C29H31F3N4O2. The number of nitriles is 1. The maximum Gasteiger partial charge on any atom is 0.416 e. The van der Waals surface area contributed by atoms with Crippen LogP contribution in [0.3, 0.4) is 0 Å². The van der Waals surface area contributed by atoms with Crippen molar-refractivity contribution in [3.8, 4) is 6.07 Å². The van der Waals surface area contributed by atoms with Gasteiger partial charge in [0.25, 0.3) is 5.91 Å². The van der Waals surface area contributed by atoms with Crippen LogP contribution in [0, 0.1) is 11.3 Å². The van der Waals surface area contributed by atoms with Crippen LogP contribution in [0.2, 0.25) is 0 Å². The Hall–Kier alpha value is -3.64. The summed E-state index contributed by atoms with van der Waals surface area (Å²) in [4.78, 5) is 21.1. The molecule has 0 N–H and O–H groups in total. The zero-order valence-corrected chi connectivity index (χ0v) is 21.2. The SMILES string of the molecule is N#CCCN(Cc1cccnc1)C(=O)c1ccc(CN(Cc2cccc(C(F)(F)F)c2)C2CCCCC2)o1. The average molecular weight is 525 g/mol. The summed E-state index contributed by atoms with van der Waals surface area (Å²) < 4.78 is 45.8. The van der Waals surface area contributed by atoms with Crippen molar-refractivity contribution in [2.75, 3.05) is 6.54 Å². The van der Waals surface area contributed by atoms with Crippen molar-refractivity contribution in [2.24, 2.45) is 0 Å². The fourth-order valence-corrected chi connectivity index (χ4v) is 4.92. The molecule has 1 amide bonds. The first-order valence-corrected chi connectivity index (χ1v) is 12.9. The van der Waals surface area contributed by atoms with Crippen molar-refractivity contribution in [3.05, 3.63) is 89.1 Å². The number of benzene rings is 1. The molecule has 4 rings (SSSR count). The molecule has 200 valence electrons. The van der Waals surface area contributed by atoms with Crippen molar-refractivity contribution in [1.29, 1.82) is 5.26 Å². The highest BCUT2D eigenvalue weighted by molar-refractivity contribution is 5.91. The topological polar surface area (TPSA) is 73.4 Å². The summed E-state index contributed by atoms with van der Waals surface area (Å²) in [6, 6.07) is 14.8. The van der Waals surface area contributed by atoms with E-state index in [0.29, 0.717) is 31.0 Å². The first-order chi connectivity index (χ1) is 18.3. The lowest BCUT2D eigenvalue weighted by molar-refractivity contribution is -0.137. The standard InChI is InChI=1S/C29H31F3N4O2/c30-29(31,32)24-9-4-7-22(17-24)19-36(25-10-2-1-3-11-25)21-26-12-13-27(38-26)28(37)35(16-6-14-33)20-23-8-5-15-34-18-23/h4-5,7-9,12-13,15,17-18,25H,1-3,6,10-11,16,19-21H2. The van der Waals surface area contributed by atoms with Crippen LogP contribution < -0.4 is 0 Å². The quantitative estimate of drug-likeness (QED) is 0.299. The molecule has 0 radical (unpaired) electrons. The van der Waals surface area contributed by atoms with Crippen LogP contribution in [0.5, 0.6) is 0 Å². The second-order valence-electron chi connectivity index (χ2n) is 9.66. The van der Waals surface area contributed by atoms with Crippen LogP contribution in [-0.4, -0.2) is 33.3 Å². The van der Waals surface area contributed by atoms with Gasteiger partial charge in [-0.05, 0) is 48.2 Å². The van der Waals surface area contributed by atoms with Crippen molar-refractivity contribution < 1.29 is 22.4 Å². The smallest absolute Gasteiger partial charge is 0.416 e. The van der Waals surface area contributed by atoms with Crippen LogP contribution >= 0.6 is 0 Å². The van der Waals surface area contributed by atoms with Gasteiger partial charge in [0.15, 0.2) is 5.76 Å². The molecule has 0 bridgehead atoms. The maximum absolute atomic E-state index is 13.3. The lowest BCUT2D eigenvalue weighted by Crippen LogP contribution is -2.35. The third kappa shape index (κ3) is 7.45. The Bertz CT molecular complexity index is 1230. The molecule has 0 spiro atoms. The number of alkyl halides is 3. The molecule has 0 saturated heterocycles. The van der Waals surface area contributed by atoms with E-state index in [1.807, 2.05) is 6.07 Å². The van der Waals surface area contributed by atoms with E-state index >= 15 is 0 Å². The number of aromatic nitrogens is 1. The van der Waals surface area contributed by atoms with Gasteiger partial charge in [0.1, 0.15) is 5.76 Å². The molecule has 1 aliphatic carbocycles. The zero-order chi connectivity index (χ0) is 27.0. The molecule has 9 heteroatoms. The highest BCUT2D eigenvalue weighted by Gasteiger charge is 2.31. The van der Waals surface area contributed by atoms with E-state index < -0.39 is 11.7 Å². The Morgan fingerprint density at radius 1 is 1.03 bits per heavy atom. The third-order valence-corrected chi connectivity index (χ3v) is 6.84. The summed E-state index contributed by atoms with van der Waals surface area (Å²) in [5, 5.41) is 9.05. The summed E-state index contributed by atoms with van der Waals surface area (Å²) in [6.07, 6.45) is 4.37. The molecule has 1 saturated carbocycles. The summed E-state index contributed by atoms with van der Waals surface area (Å²) in [6.45, 7) is 1.29. The highest BCUT2D eigenvalue weighted by Crippen LogP contribution is 2.31. The van der Waals surface area contributed by atoms with E-state index in [1.54, 1.807) is 41.6 Å². The van der Waals surface area contributed by atoms with Crippen molar-refractivity contribution in [3.63, 3.8) is 0 Å². The third-order valence-electron chi connectivity index (χ3n) is 6.84. The fourth-order valence-electron chi connectivity index (χ4n) is 4.92. The largest absolute Gasteiger partial charge is 0.455 e. The van der Waals surface area contributed by atoms with Crippen LogP contribution in [-0.2, 0) is 25.8 Å². The summed E-state index contributed by atoms with van der Waals surface area (Å²) in [5.74, 6) is 0.425. The van der Waals surface area contributed by atoms with Crippen LogP contribution in [0.25, 0.3) is 0 Å². The number of amides is 1. The minimum atomic E-state index is -4.39. The Kier molecular flexibility index (Phi) is 9.19. The maximum atomic E-state index is 13.3. The fraction of sp³-hybridized carbons (Fsp3) is 0.414. The predicted octanol–water partition coefficient (Wildman–Crippen LogP) is 6.58. The molecule has 0 atom stereocenters. The Morgan fingerprint density at radius 2 is 1.82 bits per heavy atom. The van der Waals surface area contributed by atoms with Gasteiger partial charge in [0.2, 0.25) is 0 Å². The molecule has 2 aromatic heterocycles. The van der Waals surface area contributed by atoms with Gasteiger partial charge in [0, 0.05) is 38.1 Å². The molecule has 3 aromatic rings. The highest BCUT2D eigenvalue weighted by atomic mass is 19.4. The molecule has 0 aliphatic heterocycles. The zero-order valence-electron chi connectivity index (χ0n) is 21.2. The number of nitrogens with zero attached hydrogens (tertiary/aromatic N) is 4. The summed E-state index contributed by atoms with van der Waals surface area (Å²) in [5.41, 5.74) is 0.776. The van der Waals surface area contributed by atoms with Gasteiger partial charge in [-0.3, -0.25) is 14.7 Å². The van der Waals surface area contributed by atoms with E-state index in [-0.39, 0.29) is 30.7 Å². The number of halogens is 3. The van der Waals surface area contributed by atoms with Gasteiger partial charge >= 0.3 is 6.18 Å². The normalized spacial score (nSPS) is 14.4. The van der Waals surface area contributed by atoms with E-state index in [9.17, 15) is 18.0 Å². The molecule has 6 nitrogen and oxygen atoms in total. The number of carbonyl (C=O) groups is 1. The number of carbonyl (C=O) groups excluding carboxylic acids is 1. The molecule has 2 heterocycles. The lowest BCUT2D eigenvalue weighted by atomic mass is 9.93. The van der Waals surface area contributed by atoms with Gasteiger partial charge in [-0.25, -0.2) is 0 Å². The Labute approximate surface area is 220 Å². The number of rotatable bonds is 10. The minimum absolute atomic E-state index is 0.171. The second kappa shape index (κ2) is 12.7. The van der Waals surface area contributed by atoms with Crippen molar-refractivity contribution in [2.45, 2.75) is 70.4 Å². The molecular weight excluding hydrogens is 493 g/mol. The Balaban J connectivity index is 1.51. The predicted molar refractivity (Wildman–Crippen MR) is 135 cm³/mol. The average Bonchev–Trinajstić information content (AvgIpc) is 3.39. The number of hydrogen-bond donors (Lipinski definition) is 0.